The molecule has 4 rings (SSSR count). The summed E-state index contributed by atoms with van der Waals surface area (Å²) in [5.74, 6) is 3.53. The van der Waals surface area contributed by atoms with E-state index in [2.05, 4.69) is 44.2 Å². The van der Waals surface area contributed by atoms with Gasteiger partial charge in [0.15, 0.2) is 5.82 Å². The van der Waals surface area contributed by atoms with Crippen LogP contribution in [0.1, 0.15) is 55.6 Å². The maximum Gasteiger partial charge on any atom is 0.231 e. The van der Waals surface area contributed by atoms with Crippen molar-refractivity contribution in [3.63, 3.8) is 0 Å². The van der Waals surface area contributed by atoms with Gasteiger partial charge in [-0.05, 0) is 31.7 Å². The summed E-state index contributed by atoms with van der Waals surface area (Å²) in [6.45, 7) is 8.25. The fourth-order valence-electron chi connectivity index (χ4n) is 3.98. The van der Waals surface area contributed by atoms with Gasteiger partial charge in [-0.2, -0.15) is 4.98 Å². The Hall–Kier alpha value is -2.02. The number of rotatable bonds is 4. The summed E-state index contributed by atoms with van der Waals surface area (Å²) in [6, 6.07) is 0. The Morgan fingerprint density at radius 1 is 1.27 bits per heavy atom. The number of nitrogens with one attached hydrogen (secondary N) is 1. The lowest BCUT2D eigenvalue weighted by molar-refractivity contribution is 0.329. The van der Waals surface area contributed by atoms with E-state index in [1.165, 1.54) is 11.3 Å². The summed E-state index contributed by atoms with van der Waals surface area (Å²) in [4.78, 5) is 16.2. The molecule has 0 spiro atoms. The fraction of sp³-hybridized carbons (Fsp3) is 0.684. The van der Waals surface area contributed by atoms with Crippen LogP contribution in [0.15, 0.2) is 10.9 Å². The molecule has 1 N–H and O–H groups in total. The first-order chi connectivity index (χ1) is 12.7. The van der Waals surface area contributed by atoms with Gasteiger partial charge in [0.1, 0.15) is 12.1 Å². The molecule has 0 aromatic carbocycles. The molecule has 2 aliphatic rings. The summed E-state index contributed by atoms with van der Waals surface area (Å²) >= 11 is 0. The van der Waals surface area contributed by atoms with Crippen molar-refractivity contribution in [1.29, 1.82) is 0 Å². The molecular weight excluding hydrogens is 328 g/mol. The third-order valence-electron chi connectivity index (χ3n) is 5.25. The molecule has 4 heterocycles. The average molecular weight is 356 g/mol. The van der Waals surface area contributed by atoms with Crippen molar-refractivity contribution in [2.75, 3.05) is 31.1 Å². The van der Waals surface area contributed by atoms with E-state index < -0.39 is 0 Å². The van der Waals surface area contributed by atoms with Crippen molar-refractivity contribution in [3.8, 4) is 0 Å². The van der Waals surface area contributed by atoms with E-state index >= 15 is 0 Å². The molecule has 0 aliphatic carbocycles. The van der Waals surface area contributed by atoms with Gasteiger partial charge in [0.25, 0.3) is 0 Å². The quantitative estimate of drug-likeness (QED) is 0.899. The van der Waals surface area contributed by atoms with Gasteiger partial charge in [-0.15, -0.1) is 0 Å². The van der Waals surface area contributed by atoms with Crippen LogP contribution in [0, 0.1) is 5.92 Å². The van der Waals surface area contributed by atoms with Crippen LogP contribution in [0.25, 0.3) is 0 Å². The number of hydrogen-bond acceptors (Lipinski definition) is 7. The molecule has 0 radical (unpaired) electrons. The van der Waals surface area contributed by atoms with Gasteiger partial charge in [0, 0.05) is 38.0 Å². The zero-order valence-electron chi connectivity index (χ0n) is 15.7. The van der Waals surface area contributed by atoms with Crippen molar-refractivity contribution in [2.45, 2.75) is 51.9 Å². The lowest BCUT2D eigenvalue weighted by atomic mass is 9.97. The van der Waals surface area contributed by atoms with Crippen LogP contribution in [0.2, 0.25) is 0 Å². The van der Waals surface area contributed by atoms with Crippen molar-refractivity contribution < 1.29 is 4.52 Å². The number of hydrogen-bond donors (Lipinski definition) is 1. The van der Waals surface area contributed by atoms with E-state index in [1.54, 1.807) is 6.33 Å². The van der Waals surface area contributed by atoms with E-state index in [4.69, 9.17) is 4.52 Å². The van der Waals surface area contributed by atoms with Crippen LogP contribution in [0.3, 0.4) is 0 Å². The highest BCUT2D eigenvalue weighted by Crippen LogP contribution is 2.31. The highest BCUT2D eigenvalue weighted by molar-refractivity contribution is 5.50. The molecule has 7 nitrogen and oxygen atoms in total. The molecule has 0 bridgehead atoms. The van der Waals surface area contributed by atoms with Crippen LogP contribution in [0.4, 0.5) is 5.82 Å². The van der Waals surface area contributed by atoms with Crippen LogP contribution in [0.5, 0.6) is 0 Å². The molecule has 2 aromatic heterocycles. The summed E-state index contributed by atoms with van der Waals surface area (Å²) in [7, 11) is 0. The minimum absolute atomic E-state index is 0.284. The van der Waals surface area contributed by atoms with Gasteiger partial charge in [-0.25, -0.2) is 9.97 Å². The molecule has 7 heteroatoms. The van der Waals surface area contributed by atoms with Crippen molar-refractivity contribution in [2.24, 2.45) is 5.92 Å². The molecule has 26 heavy (non-hydrogen) atoms. The van der Waals surface area contributed by atoms with Crippen LogP contribution >= 0.6 is 0 Å². The Balaban J connectivity index is 1.53. The Labute approximate surface area is 154 Å². The summed E-state index contributed by atoms with van der Waals surface area (Å²) in [6.07, 6.45) is 6.76. The Morgan fingerprint density at radius 2 is 2.15 bits per heavy atom. The Kier molecular flexibility index (Phi) is 5.15. The van der Waals surface area contributed by atoms with E-state index in [0.29, 0.717) is 5.92 Å². The van der Waals surface area contributed by atoms with E-state index in [0.717, 1.165) is 75.8 Å². The smallest absolute Gasteiger partial charge is 0.231 e. The number of anilines is 1. The zero-order valence-corrected chi connectivity index (χ0v) is 15.7. The normalized spacial score (nSPS) is 20.9. The minimum atomic E-state index is 0.284. The van der Waals surface area contributed by atoms with Gasteiger partial charge >= 0.3 is 0 Å². The molecule has 0 saturated carbocycles. The molecule has 2 aliphatic heterocycles. The summed E-state index contributed by atoms with van der Waals surface area (Å²) in [5.41, 5.74) is 2.50. The highest BCUT2D eigenvalue weighted by Gasteiger charge is 2.29. The van der Waals surface area contributed by atoms with Crippen LogP contribution < -0.4 is 10.2 Å². The predicted molar refractivity (Wildman–Crippen MR) is 99.3 cm³/mol. The molecular formula is C19H28N6O. The first kappa shape index (κ1) is 17.4. The fourth-order valence-corrected chi connectivity index (χ4v) is 3.98. The summed E-state index contributed by atoms with van der Waals surface area (Å²) in [5, 5.41) is 7.63. The van der Waals surface area contributed by atoms with Gasteiger partial charge in [0.2, 0.25) is 5.89 Å². The molecule has 1 atom stereocenters. The monoisotopic (exact) mass is 356 g/mol. The predicted octanol–water partition coefficient (Wildman–Crippen LogP) is 2.13. The summed E-state index contributed by atoms with van der Waals surface area (Å²) < 4.78 is 5.59. The minimum Gasteiger partial charge on any atom is -0.355 e. The number of piperidine rings is 1. The standard InChI is InChI=1S/C19H28N6O/c1-13(2)10-17-23-19(26-24-17)14-4-3-9-25(11-14)18-15-5-7-20-8-6-16(15)21-12-22-18/h12-14,20H,3-11H2,1-2H3. The average Bonchev–Trinajstić information content (AvgIpc) is 2.96. The SMILES string of the molecule is CC(C)Cc1noc(C2CCCN(c3ncnc4c3CCNCC4)C2)n1. The maximum absolute atomic E-state index is 5.59. The van der Waals surface area contributed by atoms with Gasteiger partial charge in [-0.1, -0.05) is 19.0 Å². The molecule has 0 amide bonds. The van der Waals surface area contributed by atoms with Gasteiger partial charge in [0.05, 0.1) is 11.6 Å². The number of aromatic nitrogens is 4. The second kappa shape index (κ2) is 7.70. The van der Waals surface area contributed by atoms with Crippen molar-refractivity contribution in [1.82, 2.24) is 25.4 Å². The molecule has 140 valence electrons. The third kappa shape index (κ3) is 3.72. The second-order valence-electron chi connectivity index (χ2n) is 7.80. The van der Waals surface area contributed by atoms with Crippen LogP contribution in [-0.2, 0) is 19.3 Å². The molecule has 1 saturated heterocycles. The van der Waals surface area contributed by atoms with Crippen molar-refractivity contribution >= 4 is 5.82 Å². The highest BCUT2D eigenvalue weighted by atomic mass is 16.5. The topological polar surface area (TPSA) is 80.0 Å². The van der Waals surface area contributed by atoms with E-state index in [9.17, 15) is 0 Å². The lowest BCUT2D eigenvalue weighted by Gasteiger charge is -2.33. The lowest BCUT2D eigenvalue weighted by Crippen LogP contribution is -2.36. The molecule has 2 aromatic rings. The maximum atomic E-state index is 5.59. The molecule has 1 unspecified atom stereocenters. The largest absolute Gasteiger partial charge is 0.355 e. The van der Waals surface area contributed by atoms with E-state index in [1.807, 2.05) is 0 Å². The first-order valence-electron chi connectivity index (χ1n) is 9.81. The van der Waals surface area contributed by atoms with Crippen molar-refractivity contribution in [3.05, 3.63) is 29.3 Å². The van der Waals surface area contributed by atoms with Crippen LogP contribution in [-0.4, -0.2) is 46.3 Å². The van der Waals surface area contributed by atoms with E-state index in [-0.39, 0.29) is 5.92 Å². The van der Waals surface area contributed by atoms with Gasteiger partial charge < -0.3 is 14.7 Å². The second-order valence-corrected chi connectivity index (χ2v) is 7.80. The first-order valence-corrected chi connectivity index (χ1v) is 9.81. The third-order valence-corrected chi connectivity index (χ3v) is 5.25. The molecule has 1 fully saturated rings. The Bertz CT molecular complexity index is 743. The number of fused-ring (bicyclic) bond motifs is 1. The Morgan fingerprint density at radius 3 is 3.04 bits per heavy atom. The zero-order chi connectivity index (χ0) is 17.9. The number of nitrogens with zero attached hydrogens (tertiary/aromatic N) is 5. The van der Waals surface area contributed by atoms with Gasteiger partial charge in [-0.3, -0.25) is 0 Å².